The predicted molar refractivity (Wildman–Crippen MR) is 102 cm³/mol. The minimum Gasteiger partial charge on any atom is -0.481 e. The van der Waals surface area contributed by atoms with Crippen LogP contribution in [0.3, 0.4) is 0 Å². The topological polar surface area (TPSA) is 74.6 Å². The number of rotatable bonds is 16. The average Bonchev–Trinajstić information content (AvgIpc) is 2.51. The van der Waals surface area contributed by atoms with Crippen molar-refractivity contribution >= 4 is 45.8 Å². The fourth-order valence-corrected chi connectivity index (χ4v) is 5.56. The number of hydrogen-bond donors (Lipinski definition) is 2. The molecule has 0 heterocycles. The molecule has 140 valence electrons. The molecule has 0 atom stereocenters. The van der Waals surface area contributed by atoms with Crippen molar-refractivity contribution < 1.29 is 19.8 Å². The molecule has 0 aliphatic heterocycles. The number of carboxylic acids is 2. The van der Waals surface area contributed by atoms with Gasteiger partial charge in [-0.15, -0.1) is 0 Å². The zero-order valence-corrected chi connectivity index (χ0v) is 18.2. The summed E-state index contributed by atoms with van der Waals surface area (Å²) in [5, 5.41) is 15.4. The van der Waals surface area contributed by atoms with E-state index in [4.69, 9.17) is 10.2 Å². The molecule has 0 fully saturated rings. The van der Waals surface area contributed by atoms with Gasteiger partial charge in [0, 0.05) is 0 Å². The van der Waals surface area contributed by atoms with Crippen LogP contribution in [0.5, 0.6) is 0 Å². The second kappa shape index (κ2) is 23.2. The van der Waals surface area contributed by atoms with Gasteiger partial charge < -0.3 is 10.2 Å². The third kappa shape index (κ3) is 30.1. The molecule has 4 nitrogen and oxygen atoms in total. The Morgan fingerprint density at radius 3 is 1.38 bits per heavy atom. The maximum absolute atomic E-state index is 9.43. The molecule has 0 aromatic carbocycles. The Kier molecular flexibility index (Phi) is 25.5. The second-order valence-electron chi connectivity index (χ2n) is 6.56. The largest absolute Gasteiger partial charge is 0.481 e. The maximum Gasteiger partial charge on any atom is 0.314 e. The third-order valence-corrected chi connectivity index (χ3v) is 7.13. The number of unbranched alkanes of at least 4 members (excludes halogenated alkanes) is 10. The van der Waals surface area contributed by atoms with Gasteiger partial charge in [0.2, 0.25) is 0 Å². The van der Waals surface area contributed by atoms with Gasteiger partial charge in [-0.3, -0.25) is 9.59 Å². The van der Waals surface area contributed by atoms with Crippen molar-refractivity contribution in [3.05, 3.63) is 0 Å². The van der Waals surface area contributed by atoms with Gasteiger partial charge in [0.15, 0.2) is 0 Å². The van der Waals surface area contributed by atoms with E-state index >= 15 is 0 Å². The predicted octanol–water partition coefficient (Wildman–Crippen LogP) is 5.79. The van der Waals surface area contributed by atoms with Gasteiger partial charge >= 0.3 is 142 Å². The van der Waals surface area contributed by atoms with Gasteiger partial charge in [0.05, 0.1) is 0 Å². The van der Waals surface area contributed by atoms with Crippen molar-refractivity contribution in [1.29, 1.82) is 0 Å². The van der Waals surface area contributed by atoms with E-state index in [2.05, 4.69) is 13.8 Å². The first kappa shape index (κ1) is 26.4. The first-order valence-corrected chi connectivity index (χ1v) is 13.1. The molecule has 0 aromatic heterocycles. The van der Waals surface area contributed by atoms with E-state index in [1.165, 1.54) is 70.6 Å². The van der Waals surface area contributed by atoms with E-state index in [-0.39, 0.29) is 33.8 Å². The Morgan fingerprint density at radius 1 is 0.625 bits per heavy atom. The quantitative estimate of drug-likeness (QED) is 0.205. The van der Waals surface area contributed by atoms with Crippen LogP contribution >= 0.6 is 0 Å². The summed E-state index contributed by atoms with van der Waals surface area (Å²) in [5.74, 6) is -2.62. The maximum atomic E-state index is 9.43. The summed E-state index contributed by atoms with van der Waals surface area (Å²) in [6, 6.07) is 0. The van der Waals surface area contributed by atoms with E-state index in [1.54, 1.807) is 11.5 Å². The van der Waals surface area contributed by atoms with E-state index < -0.39 is 18.4 Å². The first-order valence-electron chi connectivity index (χ1n) is 9.98. The summed E-state index contributed by atoms with van der Waals surface area (Å²) in [6.45, 7) is 4.62. The van der Waals surface area contributed by atoms with Crippen LogP contribution < -0.4 is 0 Å². The minimum atomic E-state index is -1.31. The summed E-state index contributed by atoms with van der Waals surface area (Å²) < 4.78 is 3.32. The summed E-state index contributed by atoms with van der Waals surface area (Å²) >= 11 is -0.0488. The zero-order valence-electron chi connectivity index (χ0n) is 16.0. The van der Waals surface area contributed by atoms with Gasteiger partial charge in [-0.25, -0.2) is 0 Å². The van der Waals surface area contributed by atoms with E-state index in [1.807, 2.05) is 0 Å². The van der Waals surface area contributed by atoms with Gasteiger partial charge in [0.1, 0.15) is 6.42 Å². The number of carbonyl (C=O) groups is 2. The Morgan fingerprint density at radius 2 is 1.00 bits per heavy atom. The molecular formula is C19H38CaO4. The zero-order chi connectivity index (χ0) is 18.5. The van der Waals surface area contributed by atoms with Crippen LogP contribution in [0.4, 0.5) is 0 Å². The van der Waals surface area contributed by atoms with Crippen LogP contribution in [0, 0.1) is 0 Å². The van der Waals surface area contributed by atoms with Crippen LogP contribution in [0.25, 0.3) is 0 Å². The normalized spacial score (nSPS) is 9.75. The molecule has 0 saturated heterocycles. The van der Waals surface area contributed by atoms with Crippen LogP contribution in [-0.2, 0) is 9.59 Å². The SMILES string of the molecule is CCCCCCCCCCC[CH2][Ca][CH2]CCC.O=C(O)CC(=O)O. The van der Waals surface area contributed by atoms with Crippen LogP contribution in [0.2, 0.25) is 5.04 Å². The van der Waals surface area contributed by atoms with Crippen molar-refractivity contribution in [1.82, 2.24) is 0 Å². The van der Waals surface area contributed by atoms with Gasteiger partial charge in [-0.05, 0) is 0 Å². The van der Waals surface area contributed by atoms with Gasteiger partial charge in [-0.1, -0.05) is 0 Å². The minimum absolute atomic E-state index is 0.0488. The molecule has 0 rings (SSSR count). The molecule has 24 heavy (non-hydrogen) atoms. The first-order chi connectivity index (χ1) is 11.5. The molecule has 0 radical (unpaired) electrons. The molecule has 0 amide bonds. The van der Waals surface area contributed by atoms with E-state index in [0.717, 1.165) is 0 Å². The Bertz CT molecular complexity index is 257. The van der Waals surface area contributed by atoms with Crippen LogP contribution in [0.15, 0.2) is 0 Å². The van der Waals surface area contributed by atoms with Gasteiger partial charge in [-0.2, -0.15) is 0 Å². The summed E-state index contributed by atoms with van der Waals surface area (Å²) in [4.78, 5) is 18.9. The van der Waals surface area contributed by atoms with E-state index in [0.29, 0.717) is 0 Å². The molecular weight excluding hydrogens is 332 g/mol. The fourth-order valence-electron chi connectivity index (χ4n) is 2.57. The van der Waals surface area contributed by atoms with Gasteiger partial charge in [0.25, 0.3) is 0 Å². The number of carboxylic acid groups (broad SMARTS) is 2. The third-order valence-electron chi connectivity index (χ3n) is 4.01. The van der Waals surface area contributed by atoms with E-state index in [9.17, 15) is 9.59 Å². The molecule has 0 aromatic rings. The fraction of sp³-hybridized carbons (Fsp3) is 0.895. The molecule has 2 N–H and O–H groups in total. The standard InChI is InChI=1S/C12H25.C4H9.C3H4O4.Ca/c1-3-5-7-9-11-12-10-8-6-4-2;1-3-4-2;4-2(5)1-3(6)7;/h1,3-12H2,2H3;1,3-4H2,2H3;1H2,(H,4,5)(H,6,7);. The van der Waals surface area contributed by atoms with Crippen LogP contribution in [0.1, 0.15) is 97.3 Å². The van der Waals surface area contributed by atoms with Crippen molar-refractivity contribution in [2.75, 3.05) is 0 Å². The van der Waals surface area contributed by atoms with Crippen LogP contribution in [-0.4, -0.2) is 56.0 Å². The molecule has 0 saturated carbocycles. The Balaban J connectivity index is 0. The summed E-state index contributed by atoms with van der Waals surface area (Å²) in [5.41, 5.74) is 0. The average molecular weight is 371 g/mol. The van der Waals surface area contributed by atoms with Crippen molar-refractivity contribution in [3.8, 4) is 0 Å². The molecule has 0 unspecified atom stereocenters. The van der Waals surface area contributed by atoms with Crippen molar-refractivity contribution in [3.63, 3.8) is 0 Å². The summed E-state index contributed by atoms with van der Waals surface area (Å²) in [6.07, 6.45) is 17.1. The Hall–Kier alpha value is 0.200. The van der Waals surface area contributed by atoms with Crippen molar-refractivity contribution in [2.45, 2.75) is 102 Å². The molecule has 0 aliphatic rings. The number of aliphatic carboxylic acids is 2. The number of hydrogen-bond acceptors (Lipinski definition) is 2. The smallest absolute Gasteiger partial charge is 0.314 e. The monoisotopic (exact) mass is 370 g/mol. The second-order valence-corrected chi connectivity index (χ2v) is 9.87. The molecule has 0 bridgehead atoms. The van der Waals surface area contributed by atoms with Crippen molar-refractivity contribution in [2.24, 2.45) is 0 Å². The molecule has 0 spiro atoms. The summed E-state index contributed by atoms with van der Waals surface area (Å²) in [7, 11) is 0. The molecule has 0 aliphatic carbocycles. The Labute approximate surface area is 167 Å². The molecule has 5 heteroatoms.